The highest BCUT2D eigenvalue weighted by Crippen LogP contribution is 2.34. The fourth-order valence-electron chi connectivity index (χ4n) is 2.76. The van der Waals surface area contributed by atoms with Crippen molar-refractivity contribution in [1.82, 2.24) is 5.32 Å². The number of nitrogens with two attached hydrogens (primary N) is 1. The van der Waals surface area contributed by atoms with Crippen molar-refractivity contribution in [2.75, 3.05) is 13.2 Å². The van der Waals surface area contributed by atoms with Gasteiger partial charge in [0.1, 0.15) is 5.54 Å². The average molecular weight is 240 g/mol. The molecule has 0 radical (unpaired) electrons. The maximum Gasteiger partial charge on any atom is 0.237 e. The van der Waals surface area contributed by atoms with Crippen LogP contribution in [0.25, 0.3) is 0 Å². The molecule has 2 aliphatic rings. The predicted octanol–water partition coefficient (Wildman–Crippen LogP) is 1.19. The third-order valence-corrected chi connectivity index (χ3v) is 4.03. The second kappa shape index (κ2) is 5.36. The molecule has 0 aromatic heterocycles. The number of carbonyl (C=O) groups is 1. The Labute approximate surface area is 103 Å². The number of carbonyl (C=O) groups excluding carboxylic acids is 1. The van der Waals surface area contributed by atoms with Gasteiger partial charge in [-0.3, -0.25) is 4.79 Å². The van der Waals surface area contributed by atoms with Crippen molar-refractivity contribution in [3.63, 3.8) is 0 Å². The van der Waals surface area contributed by atoms with E-state index in [1.165, 1.54) is 19.3 Å². The average Bonchev–Trinajstić information content (AvgIpc) is 3.01. The Bertz CT molecular complexity index is 279. The normalized spacial score (nSPS) is 32.9. The van der Waals surface area contributed by atoms with Crippen LogP contribution in [0, 0.1) is 5.92 Å². The number of hydrogen-bond donors (Lipinski definition) is 2. The first-order chi connectivity index (χ1) is 8.16. The highest BCUT2D eigenvalue weighted by molar-refractivity contribution is 5.85. The molecule has 2 unspecified atom stereocenters. The van der Waals surface area contributed by atoms with E-state index in [1.54, 1.807) is 0 Å². The molecule has 0 aliphatic heterocycles. The number of rotatable bonds is 7. The highest BCUT2D eigenvalue weighted by atomic mass is 16.5. The SMILES string of the molecule is CCNC1(C(N)=O)CCC(OCCC2CC2)C1. The Kier molecular flexibility index (Phi) is 4.05. The number of likely N-dealkylation sites (N-methyl/N-ethyl adjacent to an activating group) is 1. The van der Waals surface area contributed by atoms with Crippen molar-refractivity contribution in [1.29, 1.82) is 0 Å². The minimum Gasteiger partial charge on any atom is -0.378 e. The van der Waals surface area contributed by atoms with Gasteiger partial charge in [-0.1, -0.05) is 19.8 Å². The molecular formula is C13H24N2O2. The third kappa shape index (κ3) is 3.19. The molecule has 0 bridgehead atoms. The lowest BCUT2D eigenvalue weighted by Gasteiger charge is -2.26. The van der Waals surface area contributed by atoms with E-state index in [9.17, 15) is 4.79 Å². The van der Waals surface area contributed by atoms with Gasteiger partial charge in [0.05, 0.1) is 6.10 Å². The Morgan fingerprint density at radius 1 is 1.47 bits per heavy atom. The first kappa shape index (κ1) is 12.8. The molecule has 17 heavy (non-hydrogen) atoms. The van der Waals surface area contributed by atoms with Gasteiger partial charge in [-0.2, -0.15) is 0 Å². The molecule has 1 amide bonds. The number of hydrogen-bond acceptors (Lipinski definition) is 3. The maximum absolute atomic E-state index is 11.6. The zero-order valence-electron chi connectivity index (χ0n) is 10.7. The second-order valence-electron chi connectivity index (χ2n) is 5.44. The fourth-order valence-corrected chi connectivity index (χ4v) is 2.76. The van der Waals surface area contributed by atoms with Gasteiger partial charge in [0.25, 0.3) is 0 Å². The highest BCUT2D eigenvalue weighted by Gasteiger charge is 2.43. The van der Waals surface area contributed by atoms with Gasteiger partial charge in [0, 0.05) is 13.0 Å². The van der Waals surface area contributed by atoms with Gasteiger partial charge in [-0.05, 0) is 31.7 Å². The predicted molar refractivity (Wildman–Crippen MR) is 66.5 cm³/mol. The van der Waals surface area contributed by atoms with E-state index in [0.717, 1.165) is 38.3 Å². The molecule has 4 heteroatoms. The van der Waals surface area contributed by atoms with Gasteiger partial charge >= 0.3 is 0 Å². The molecule has 2 saturated carbocycles. The molecule has 4 nitrogen and oxygen atoms in total. The van der Waals surface area contributed by atoms with Crippen LogP contribution in [0.5, 0.6) is 0 Å². The lowest BCUT2D eigenvalue weighted by molar-refractivity contribution is -0.124. The number of amides is 1. The van der Waals surface area contributed by atoms with Crippen LogP contribution in [0.3, 0.4) is 0 Å². The maximum atomic E-state index is 11.6. The van der Waals surface area contributed by atoms with Crippen molar-refractivity contribution >= 4 is 5.91 Å². The topological polar surface area (TPSA) is 64.3 Å². The third-order valence-electron chi connectivity index (χ3n) is 4.03. The molecule has 0 aromatic rings. The van der Waals surface area contributed by atoms with Crippen LogP contribution < -0.4 is 11.1 Å². The van der Waals surface area contributed by atoms with Crippen LogP contribution >= 0.6 is 0 Å². The number of primary amides is 1. The summed E-state index contributed by atoms with van der Waals surface area (Å²) in [5.41, 5.74) is 5.00. The van der Waals surface area contributed by atoms with E-state index in [2.05, 4.69) is 5.32 Å². The summed E-state index contributed by atoms with van der Waals surface area (Å²) >= 11 is 0. The van der Waals surface area contributed by atoms with Crippen molar-refractivity contribution in [2.45, 2.75) is 57.1 Å². The minimum absolute atomic E-state index is 0.209. The van der Waals surface area contributed by atoms with E-state index in [4.69, 9.17) is 10.5 Å². The molecule has 3 N–H and O–H groups in total. The second-order valence-corrected chi connectivity index (χ2v) is 5.44. The van der Waals surface area contributed by atoms with E-state index in [1.807, 2.05) is 6.92 Å². The van der Waals surface area contributed by atoms with Crippen molar-refractivity contribution in [3.8, 4) is 0 Å². The molecule has 0 saturated heterocycles. The van der Waals surface area contributed by atoms with Gasteiger partial charge in [0.15, 0.2) is 0 Å². The van der Waals surface area contributed by atoms with Crippen LogP contribution in [0.2, 0.25) is 0 Å². The Morgan fingerprint density at radius 2 is 2.24 bits per heavy atom. The zero-order valence-corrected chi connectivity index (χ0v) is 10.7. The van der Waals surface area contributed by atoms with E-state index < -0.39 is 5.54 Å². The van der Waals surface area contributed by atoms with Gasteiger partial charge < -0.3 is 15.8 Å². The molecule has 2 fully saturated rings. The first-order valence-corrected chi connectivity index (χ1v) is 6.83. The zero-order chi connectivity index (χ0) is 12.3. The summed E-state index contributed by atoms with van der Waals surface area (Å²) in [5.74, 6) is 0.679. The van der Waals surface area contributed by atoms with Crippen LogP contribution in [0.4, 0.5) is 0 Å². The Morgan fingerprint density at radius 3 is 2.82 bits per heavy atom. The summed E-state index contributed by atoms with van der Waals surface area (Å²) in [6, 6.07) is 0. The molecular weight excluding hydrogens is 216 g/mol. The monoisotopic (exact) mass is 240 g/mol. The lowest BCUT2D eigenvalue weighted by Crippen LogP contribution is -2.53. The largest absolute Gasteiger partial charge is 0.378 e. The van der Waals surface area contributed by atoms with E-state index in [0.29, 0.717) is 0 Å². The van der Waals surface area contributed by atoms with E-state index >= 15 is 0 Å². The summed E-state index contributed by atoms with van der Waals surface area (Å²) in [4.78, 5) is 11.6. The molecule has 2 atom stereocenters. The van der Waals surface area contributed by atoms with Crippen LogP contribution in [0.1, 0.15) is 45.4 Å². The quantitative estimate of drug-likeness (QED) is 0.702. The van der Waals surface area contributed by atoms with Crippen LogP contribution in [-0.4, -0.2) is 30.7 Å². The van der Waals surface area contributed by atoms with E-state index in [-0.39, 0.29) is 12.0 Å². The van der Waals surface area contributed by atoms with Crippen molar-refractivity contribution in [3.05, 3.63) is 0 Å². The number of ether oxygens (including phenoxy) is 1. The molecule has 0 aromatic carbocycles. The first-order valence-electron chi connectivity index (χ1n) is 6.83. The lowest BCUT2D eigenvalue weighted by atomic mass is 9.96. The van der Waals surface area contributed by atoms with Crippen LogP contribution in [-0.2, 0) is 9.53 Å². The minimum atomic E-state index is -0.515. The van der Waals surface area contributed by atoms with Crippen molar-refractivity contribution in [2.24, 2.45) is 11.7 Å². The molecule has 0 spiro atoms. The van der Waals surface area contributed by atoms with Crippen molar-refractivity contribution < 1.29 is 9.53 Å². The summed E-state index contributed by atoms with van der Waals surface area (Å²) in [5, 5.41) is 3.24. The Hall–Kier alpha value is -0.610. The molecule has 98 valence electrons. The van der Waals surface area contributed by atoms with Crippen LogP contribution in [0.15, 0.2) is 0 Å². The summed E-state index contributed by atoms with van der Waals surface area (Å²) in [7, 11) is 0. The summed E-state index contributed by atoms with van der Waals surface area (Å²) in [6.07, 6.45) is 6.63. The molecule has 0 heterocycles. The molecule has 2 aliphatic carbocycles. The van der Waals surface area contributed by atoms with Gasteiger partial charge in [-0.25, -0.2) is 0 Å². The standard InChI is InChI=1S/C13H24N2O2/c1-2-15-13(12(14)16)7-5-11(9-13)17-8-6-10-3-4-10/h10-11,15H,2-9H2,1H3,(H2,14,16). The summed E-state index contributed by atoms with van der Waals surface area (Å²) < 4.78 is 5.86. The fraction of sp³-hybridized carbons (Fsp3) is 0.923. The van der Waals surface area contributed by atoms with Gasteiger partial charge in [-0.15, -0.1) is 0 Å². The summed E-state index contributed by atoms with van der Waals surface area (Å²) in [6.45, 7) is 3.63. The Balaban J connectivity index is 1.76. The molecule has 2 rings (SSSR count). The van der Waals surface area contributed by atoms with Gasteiger partial charge in [0.2, 0.25) is 5.91 Å². The number of nitrogens with one attached hydrogen (secondary N) is 1. The smallest absolute Gasteiger partial charge is 0.237 e.